The highest BCUT2D eigenvalue weighted by atomic mass is 16.4. The SMILES string of the molecule is Cc1cc2cc(C(=O)O)ccc2[nH]c1=O. The van der Waals surface area contributed by atoms with E-state index < -0.39 is 5.97 Å². The molecular weight excluding hydrogens is 194 g/mol. The molecule has 15 heavy (non-hydrogen) atoms. The predicted octanol–water partition coefficient (Wildman–Crippen LogP) is 1.53. The summed E-state index contributed by atoms with van der Waals surface area (Å²) in [6, 6.07) is 6.29. The normalized spacial score (nSPS) is 10.5. The number of aromatic carboxylic acids is 1. The molecule has 0 atom stereocenters. The van der Waals surface area contributed by atoms with Crippen LogP contribution in [-0.2, 0) is 0 Å². The Morgan fingerprint density at radius 1 is 1.33 bits per heavy atom. The van der Waals surface area contributed by atoms with Crippen LogP contribution in [-0.4, -0.2) is 16.1 Å². The van der Waals surface area contributed by atoms with Crippen LogP contribution < -0.4 is 5.56 Å². The molecular formula is C11H9NO3. The van der Waals surface area contributed by atoms with Crippen LogP contribution >= 0.6 is 0 Å². The van der Waals surface area contributed by atoms with Crippen LogP contribution in [0.3, 0.4) is 0 Å². The third-order valence-electron chi connectivity index (χ3n) is 2.28. The Bertz CT molecular complexity index is 598. The molecule has 1 aromatic carbocycles. The maximum Gasteiger partial charge on any atom is 0.335 e. The number of carbonyl (C=O) groups is 1. The van der Waals surface area contributed by atoms with Crippen molar-refractivity contribution in [3.05, 3.63) is 45.7 Å². The van der Waals surface area contributed by atoms with Crippen molar-refractivity contribution in [3.63, 3.8) is 0 Å². The zero-order valence-electron chi connectivity index (χ0n) is 8.07. The van der Waals surface area contributed by atoms with E-state index in [1.54, 1.807) is 25.1 Å². The van der Waals surface area contributed by atoms with Crippen molar-refractivity contribution < 1.29 is 9.90 Å². The molecule has 0 bridgehead atoms. The Hall–Kier alpha value is -2.10. The summed E-state index contributed by atoms with van der Waals surface area (Å²) in [5.74, 6) is -0.972. The van der Waals surface area contributed by atoms with Gasteiger partial charge in [-0.1, -0.05) is 0 Å². The predicted molar refractivity (Wildman–Crippen MR) is 56.3 cm³/mol. The molecule has 2 N–H and O–H groups in total. The van der Waals surface area contributed by atoms with Crippen molar-refractivity contribution in [2.45, 2.75) is 6.92 Å². The summed E-state index contributed by atoms with van der Waals surface area (Å²) in [6.07, 6.45) is 0. The van der Waals surface area contributed by atoms with Crippen LogP contribution in [0.2, 0.25) is 0 Å². The Labute approximate surface area is 85.2 Å². The number of nitrogens with one attached hydrogen (secondary N) is 1. The van der Waals surface area contributed by atoms with Crippen LogP contribution in [0.1, 0.15) is 15.9 Å². The van der Waals surface area contributed by atoms with Crippen LogP contribution in [0.5, 0.6) is 0 Å². The van der Waals surface area contributed by atoms with Gasteiger partial charge in [0, 0.05) is 11.1 Å². The van der Waals surface area contributed by atoms with Gasteiger partial charge in [0.05, 0.1) is 5.56 Å². The van der Waals surface area contributed by atoms with Crippen LogP contribution in [0.25, 0.3) is 10.9 Å². The zero-order chi connectivity index (χ0) is 11.0. The zero-order valence-corrected chi connectivity index (χ0v) is 8.07. The van der Waals surface area contributed by atoms with Crippen LogP contribution in [0.4, 0.5) is 0 Å². The van der Waals surface area contributed by atoms with Gasteiger partial charge in [0.15, 0.2) is 0 Å². The minimum atomic E-state index is -0.972. The molecule has 4 nitrogen and oxygen atoms in total. The molecule has 1 heterocycles. The average molecular weight is 203 g/mol. The standard InChI is InChI=1S/C11H9NO3/c1-6-4-8-5-7(11(14)15)2-3-9(8)12-10(6)13/h2-5H,1H3,(H,12,13)(H,14,15). The molecule has 0 saturated heterocycles. The molecule has 76 valence electrons. The highest BCUT2D eigenvalue weighted by molar-refractivity contribution is 5.93. The maximum absolute atomic E-state index is 11.3. The summed E-state index contributed by atoms with van der Waals surface area (Å²) in [5.41, 5.74) is 1.29. The second kappa shape index (κ2) is 3.24. The lowest BCUT2D eigenvalue weighted by molar-refractivity contribution is 0.0697. The fourth-order valence-electron chi connectivity index (χ4n) is 1.45. The molecule has 0 fully saturated rings. The third-order valence-corrected chi connectivity index (χ3v) is 2.28. The molecule has 0 radical (unpaired) electrons. The van der Waals surface area contributed by atoms with Gasteiger partial charge in [-0.25, -0.2) is 4.79 Å². The Morgan fingerprint density at radius 3 is 2.73 bits per heavy atom. The number of fused-ring (bicyclic) bond motifs is 1. The summed E-state index contributed by atoms with van der Waals surface area (Å²) in [6.45, 7) is 1.69. The molecule has 1 aromatic heterocycles. The molecule has 0 unspecified atom stereocenters. The number of aromatic amines is 1. The largest absolute Gasteiger partial charge is 0.478 e. The number of carboxylic acid groups (broad SMARTS) is 1. The summed E-state index contributed by atoms with van der Waals surface area (Å²) in [4.78, 5) is 24.7. The number of hydrogen-bond donors (Lipinski definition) is 2. The van der Waals surface area contributed by atoms with E-state index in [4.69, 9.17) is 5.11 Å². The first-order chi connectivity index (χ1) is 7.08. The summed E-state index contributed by atoms with van der Waals surface area (Å²) >= 11 is 0. The second-order valence-electron chi connectivity index (χ2n) is 3.39. The minimum Gasteiger partial charge on any atom is -0.478 e. The van der Waals surface area contributed by atoms with E-state index in [-0.39, 0.29) is 11.1 Å². The molecule has 0 saturated carbocycles. The first-order valence-corrected chi connectivity index (χ1v) is 4.45. The van der Waals surface area contributed by atoms with E-state index in [0.717, 1.165) is 5.39 Å². The van der Waals surface area contributed by atoms with Crippen molar-refractivity contribution >= 4 is 16.9 Å². The number of rotatable bonds is 1. The van der Waals surface area contributed by atoms with Gasteiger partial charge in [-0.15, -0.1) is 0 Å². The van der Waals surface area contributed by atoms with Gasteiger partial charge in [-0.05, 0) is 36.6 Å². The Kier molecular flexibility index (Phi) is 2.04. The second-order valence-corrected chi connectivity index (χ2v) is 3.39. The highest BCUT2D eigenvalue weighted by Crippen LogP contribution is 2.13. The van der Waals surface area contributed by atoms with Crippen molar-refractivity contribution in [1.29, 1.82) is 0 Å². The van der Waals surface area contributed by atoms with E-state index >= 15 is 0 Å². The fourth-order valence-corrected chi connectivity index (χ4v) is 1.45. The molecule has 4 heteroatoms. The van der Waals surface area contributed by atoms with Gasteiger partial charge in [0.2, 0.25) is 0 Å². The van der Waals surface area contributed by atoms with Gasteiger partial charge in [0.1, 0.15) is 0 Å². The first-order valence-electron chi connectivity index (χ1n) is 4.45. The van der Waals surface area contributed by atoms with E-state index in [1.165, 1.54) is 6.07 Å². The molecule has 0 amide bonds. The first kappa shape index (κ1) is 9.45. The fraction of sp³-hybridized carbons (Fsp3) is 0.0909. The smallest absolute Gasteiger partial charge is 0.335 e. The Morgan fingerprint density at radius 2 is 2.07 bits per heavy atom. The van der Waals surface area contributed by atoms with Gasteiger partial charge < -0.3 is 10.1 Å². The third kappa shape index (κ3) is 1.61. The number of aromatic nitrogens is 1. The summed E-state index contributed by atoms with van der Waals surface area (Å²) < 4.78 is 0. The molecule has 0 aliphatic heterocycles. The number of aryl methyl sites for hydroxylation is 1. The van der Waals surface area contributed by atoms with Crippen molar-refractivity contribution in [3.8, 4) is 0 Å². The van der Waals surface area contributed by atoms with Gasteiger partial charge in [-0.2, -0.15) is 0 Å². The molecule has 0 spiro atoms. The number of pyridine rings is 1. The van der Waals surface area contributed by atoms with Crippen molar-refractivity contribution in [2.75, 3.05) is 0 Å². The average Bonchev–Trinajstić information content (AvgIpc) is 2.19. The minimum absolute atomic E-state index is 0.148. The lowest BCUT2D eigenvalue weighted by atomic mass is 10.1. The van der Waals surface area contributed by atoms with E-state index in [1.807, 2.05) is 0 Å². The van der Waals surface area contributed by atoms with E-state index in [9.17, 15) is 9.59 Å². The topological polar surface area (TPSA) is 70.2 Å². The number of benzene rings is 1. The summed E-state index contributed by atoms with van der Waals surface area (Å²) in [5, 5.41) is 9.52. The number of H-pyrrole nitrogens is 1. The van der Waals surface area contributed by atoms with Crippen LogP contribution in [0, 0.1) is 6.92 Å². The molecule has 0 aliphatic rings. The van der Waals surface area contributed by atoms with Crippen LogP contribution in [0.15, 0.2) is 29.1 Å². The van der Waals surface area contributed by atoms with Gasteiger partial charge in [0.25, 0.3) is 5.56 Å². The van der Waals surface area contributed by atoms with Gasteiger partial charge in [-0.3, -0.25) is 4.79 Å². The monoisotopic (exact) mass is 203 g/mol. The number of carboxylic acids is 1. The molecule has 0 aliphatic carbocycles. The van der Waals surface area contributed by atoms with Crippen molar-refractivity contribution in [1.82, 2.24) is 4.98 Å². The molecule has 2 aromatic rings. The maximum atomic E-state index is 11.3. The number of hydrogen-bond acceptors (Lipinski definition) is 2. The van der Waals surface area contributed by atoms with Crippen molar-refractivity contribution in [2.24, 2.45) is 0 Å². The highest BCUT2D eigenvalue weighted by Gasteiger charge is 2.04. The van der Waals surface area contributed by atoms with E-state index in [2.05, 4.69) is 4.98 Å². The van der Waals surface area contributed by atoms with Gasteiger partial charge >= 0.3 is 5.97 Å². The summed E-state index contributed by atoms with van der Waals surface area (Å²) in [7, 11) is 0. The lowest BCUT2D eigenvalue weighted by Gasteiger charge is -2.00. The lowest BCUT2D eigenvalue weighted by Crippen LogP contribution is -2.08. The Balaban J connectivity index is 2.77. The van der Waals surface area contributed by atoms with E-state index in [0.29, 0.717) is 11.1 Å². The quantitative estimate of drug-likeness (QED) is 0.738. The molecule has 2 rings (SSSR count).